The van der Waals surface area contributed by atoms with E-state index in [1.165, 1.54) is 0 Å². The molecule has 0 saturated heterocycles. The van der Waals surface area contributed by atoms with Crippen molar-refractivity contribution < 1.29 is 19.0 Å². The third-order valence-corrected chi connectivity index (χ3v) is 5.14. The molecule has 0 saturated carbocycles. The number of carbonyl (C=O) groups is 1. The minimum atomic E-state index is -0.0650. The summed E-state index contributed by atoms with van der Waals surface area (Å²) in [5.74, 6) is 2.36. The van der Waals surface area contributed by atoms with Crippen molar-refractivity contribution in [3.05, 3.63) is 71.8 Å². The van der Waals surface area contributed by atoms with E-state index in [-0.39, 0.29) is 5.78 Å². The molecule has 0 fully saturated rings. The Balaban J connectivity index is 2.25. The molecule has 0 atom stereocenters. The van der Waals surface area contributed by atoms with Crippen LogP contribution in [0.5, 0.6) is 17.2 Å². The number of allylic oxidation sites excluding steroid dienone is 1. The van der Waals surface area contributed by atoms with Gasteiger partial charge in [0.05, 0.1) is 13.2 Å². The number of unbranched alkanes of at least 4 members (excludes halogenated alkanes) is 2. The average molecular weight is 451 g/mol. The Morgan fingerprint density at radius 1 is 0.879 bits per heavy atom. The van der Waals surface area contributed by atoms with Gasteiger partial charge >= 0.3 is 0 Å². The second kappa shape index (κ2) is 14.9. The summed E-state index contributed by atoms with van der Waals surface area (Å²) in [5, 5.41) is 0. The van der Waals surface area contributed by atoms with Gasteiger partial charge in [0.25, 0.3) is 0 Å². The summed E-state index contributed by atoms with van der Waals surface area (Å²) in [5.41, 5.74) is 2.62. The molecule has 2 rings (SSSR count). The molecule has 0 bridgehead atoms. The maximum absolute atomic E-state index is 12.7. The first-order chi connectivity index (χ1) is 16.1. The summed E-state index contributed by atoms with van der Waals surface area (Å²) in [6, 6.07) is 11.2. The van der Waals surface area contributed by atoms with Crippen molar-refractivity contribution in [3.8, 4) is 17.2 Å². The Morgan fingerprint density at radius 2 is 1.48 bits per heavy atom. The molecule has 0 N–H and O–H groups in total. The quantitative estimate of drug-likeness (QED) is 0.115. The van der Waals surface area contributed by atoms with Crippen molar-refractivity contribution in [1.82, 2.24) is 0 Å². The van der Waals surface area contributed by atoms with E-state index in [0.29, 0.717) is 31.1 Å². The summed E-state index contributed by atoms with van der Waals surface area (Å²) in [6.45, 7) is 11.9. The predicted molar refractivity (Wildman–Crippen MR) is 137 cm³/mol. The van der Waals surface area contributed by atoms with Crippen LogP contribution in [0.2, 0.25) is 0 Å². The Labute approximate surface area is 199 Å². The molecule has 0 aromatic heterocycles. The van der Waals surface area contributed by atoms with Gasteiger partial charge in [-0.1, -0.05) is 58.8 Å². The van der Waals surface area contributed by atoms with Crippen molar-refractivity contribution in [2.24, 2.45) is 0 Å². The van der Waals surface area contributed by atoms with Gasteiger partial charge in [-0.3, -0.25) is 4.79 Å². The minimum absolute atomic E-state index is 0.0650. The summed E-state index contributed by atoms with van der Waals surface area (Å²) in [6.07, 6.45) is 11.2. The van der Waals surface area contributed by atoms with Gasteiger partial charge in [-0.15, -0.1) is 0 Å². The lowest BCUT2D eigenvalue weighted by Crippen LogP contribution is -2.05. The molecule has 0 radical (unpaired) electrons. The zero-order valence-electron chi connectivity index (χ0n) is 20.4. The van der Waals surface area contributed by atoms with E-state index < -0.39 is 0 Å². The third-order valence-electron chi connectivity index (χ3n) is 5.14. The van der Waals surface area contributed by atoms with Crippen LogP contribution >= 0.6 is 0 Å². The van der Waals surface area contributed by atoms with Crippen molar-refractivity contribution >= 4 is 11.9 Å². The number of hydrogen-bond donors (Lipinski definition) is 0. The number of ketones is 1. The monoisotopic (exact) mass is 450 g/mol. The molecule has 2 aromatic rings. The SMILES string of the molecule is C=CCOc1ccc(C(=O)/C=C/c2cc(OCCCC)c(CCC)c(OCCCC)c2)cc1. The highest BCUT2D eigenvalue weighted by molar-refractivity contribution is 6.06. The normalized spacial score (nSPS) is 10.9. The van der Waals surface area contributed by atoms with Crippen molar-refractivity contribution in [2.45, 2.75) is 59.3 Å². The standard InChI is InChI=1S/C29H38O4/c1-5-9-19-32-28-21-23(22-29(26(28)11-7-3)33-20-10-6-2)12-17-27(30)24-13-15-25(16-14-24)31-18-8-4/h8,12-17,21-22H,4-7,9-11,18-20H2,1-3H3/b17-12+. The van der Waals surface area contributed by atoms with Crippen LogP contribution in [0.1, 0.15) is 74.4 Å². The van der Waals surface area contributed by atoms with Crippen LogP contribution < -0.4 is 14.2 Å². The van der Waals surface area contributed by atoms with Crippen LogP contribution in [-0.4, -0.2) is 25.6 Å². The molecule has 4 nitrogen and oxygen atoms in total. The van der Waals surface area contributed by atoms with E-state index in [1.54, 1.807) is 36.4 Å². The second-order valence-corrected chi connectivity index (χ2v) is 7.97. The highest BCUT2D eigenvalue weighted by atomic mass is 16.5. The van der Waals surface area contributed by atoms with E-state index in [2.05, 4.69) is 27.4 Å². The lowest BCUT2D eigenvalue weighted by atomic mass is 10.0. The van der Waals surface area contributed by atoms with E-state index in [0.717, 1.165) is 61.2 Å². The maximum Gasteiger partial charge on any atom is 0.185 e. The van der Waals surface area contributed by atoms with E-state index in [4.69, 9.17) is 14.2 Å². The van der Waals surface area contributed by atoms with Gasteiger partial charge in [-0.25, -0.2) is 0 Å². The highest BCUT2D eigenvalue weighted by Crippen LogP contribution is 2.33. The lowest BCUT2D eigenvalue weighted by molar-refractivity contribution is 0.104. The molecule has 4 heteroatoms. The lowest BCUT2D eigenvalue weighted by Gasteiger charge is -2.17. The van der Waals surface area contributed by atoms with Gasteiger partial charge in [0.15, 0.2) is 5.78 Å². The molecular weight excluding hydrogens is 412 g/mol. The first kappa shape index (κ1) is 26.2. The van der Waals surface area contributed by atoms with Crippen LogP contribution in [-0.2, 0) is 6.42 Å². The highest BCUT2D eigenvalue weighted by Gasteiger charge is 2.13. The second-order valence-electron chi connectivity index (χ2n) is 7.97. The van der Waals surface area contributed by atoms with Gasteiger partial charge in [0, 0.05) is 11.1 Å². The summed E-state index contributed by atoms with van der Waals surface area (Å²) >= 11 is 0. The number of benzene rings is 2. The van der Waals surface area contributed by atoms with Crippen molar-refractivity contribution in [3.63, 3.8) is 0 Å². The molecule has 0 aliphatic heterocycles. The van der Waals surface area contributed by atoms with Gasteiger partial charge < -0.3 is 14.2 Å². The number of rotatable bonds is 16. The summed E-state index contributed by atoms with van der Waals surface area (Å²) < 4.78 is 17.8. The van der Waals surface area contributed by atoms with Crippen molar-refractivity contribution in [2.75, 3.05) is 19.8 Å². The third kappa shape index (κ3) is 8.80. The van der Waals surface area contributed by atoms with E-state index >= 15 is 0 Å². The average Bonchev–Trinajstić information content (AvgIpc) is 2.83. The molecule has 0 unspecified atom stereocenters. The van der Waals surface area contributed by atoms with Crippen LogP contribution in [0.15, 0.2) is 55.1 Å². The largest absolute Gasteiger partial charge is 0.493 e. The van der Waals surface area contributed by atoms with Gasteiger partial charge in [-0.05, 0) is 67.3 Å². The fraction of sp³-hybridized carbons (Fsp3) is 0.414. The first-order valence-electron chi connectivity index (χ1n) is 12.1. The van der Waals surface area contributed by atoms with Crippen LogP contribution in [0.3, 0.4) is 0 Å². The smallest absolute Gasteiger partial charge is 0.185 e. The fourth-order valence-electron chi connectivity index (χ4n) is 3.28. The minimum Gasteiger partial charge on any atom is -0.493 e. The molecular formula is C29H38O4. The zero-order chi connectivity index (χ0) is 23.9. The predicted octanol–water partition coefficient (Wildman–Crippen LogP) is 7.46. The molecule has 0 aliphatic rings. The van der Waals surface area contributed by atoms with Crippen LogP contribution in [0.25, 0.3) is 6.08 Å². The summed E-state index contributed by atoms with van der Waals surface area (Å²) in [4.78, 5) is 12.7. The van der Waals surface area contributed by atoms with Gasteiger partial charge in [-0.2, -0.15) is 0 Å². The molecule has 0 heterocycles. The Hall–Kier alpha value is -3.01. The fourth-order valence-corrected chi connectivity index (χ4v) is 3.28. The van der Waals surface area contributed by atoms with Gasteiger partial charge in [0.1, 0.15) is 23.9 Å². The van der Waals surface area contributed by atoms with Crippen LogP contribution in [0.4, 0.5) is 0 Å². The zero-order valence-corrected chi connectivity index (χ0v) is 20.4. The first-order valence-corrected chi connectivity index (χ1v) is 12.1. The van der Waals surface area contributed by atoms with E-state index in [1.807, 2.05) is 18.2 Å². The van der Waals surface area contributed by atoms with Crippen LogP contribution in [0, 0.1) is 0 Å². The maximum atomic E-state index is 12.7. The number of carbonyl (C=O) groups excluding carboxylic acids is 1. The Kier molecular flexibility index (Phi) is 11.9. The molecule has 178 valence electrons. The molecule has 33 heavy (non-hydrogen) atoms. The topological polar surface area (TPSA) is 44.8 Å². The number of ether oxygens (including phenoxy) is 3. The molecule has 2 aromatic carbocycles. The summed E-state index contributed by atoms with van der Waals surface area (Å²) in [7, 11) is 0. The number of hydrogen-bond acceptors (Lipinski definition) is 4. The molecule has 0 spiro atoms. The van der Waals surface area contributed by atoms with E-state index in [9.17, 15) is 4.79 Å². The Morgan fingerprint density at radius 3 is 2.00 bits per heavy atom. The molecule has 0 aliphatic carbocycles. The molecule has 0 amide bonds. The Bertz CT molecular complexity index is 865. The van der Waals surface area contributed by atoms with Crippen molar-refractivity contribution in [1.29, 1.82) is 0 Å². The van der Waals surface area contributed by atoms with Gasteiger partial charge in [0.2, 0.25) is 0 Å².